The fourth-order valence-electron chi connectivity index (χ4n) is 5.18. The molecule has 0 saturated heterocycles. The Balaban J connectivity index is 0.000000335. The first kappa shape index (κ1) is 44.5. The minimum absolute atomic E-state index is 0.0926. The Morgan fingerprint density at radius 3 is 2.18 bits per heavy atom. The molecule has 0 saturated carbocycles. The van der Waals surface area contributed by atoms with Gasteiger partial charge in [0, 0.05) is 23.8 Å². The van der Waals surface area contributed by atoms with Crippen molar-refractivity contribution in [2.24, 2.45) is 10.9 Å². The van der Waals surface area contributed by atoms with E-state index in [0.717, 1.165) is 48.1 Å². The molecule has 0 fully saturated rings. The molecule has 300 valence electrons. The molecule has 1 unspecified atom stereocenters. The van der Waals surface area contributed by atoms with Crippen LogP contribution in [-0.4, -0.2) is 46.0 Å². The number of carbonyl (C=O) groups is 2. The summed E-state index contributed by atoms with van der Waals surface area (Å²) < 4.78 is 61.0. The fourth-order valence-corrected chi connectivity index (χ4v) is 5.18. The number of carbonyl (C=O) groups excluding carboxylic acids is 2. The molecular weight excluding hydrogens is 713 g/mol. The molecule has 2 atom stereocenters. The van der Waals surface area contributed by atoms with Crippen LogP contribution in [-0.2, 0) is 22.1 Å². The number of amides is 2. The molecule has 3 aromatic carbocycles. The lowest BCUT2D eigenvalue weighted by Crippen LogP contribution is -2.39. The zero-order valence-electron chi connectivity index (χ0n) is 33.6. The van der Waals surface area contributed by atoms with Gasteiger partial charge in [0.05, 0.1) is 12.2 Å². The van der Waals surface area contributed by atoms with Crippen LogP contribution in [0, 0.1) is 5.92 Å². The number of amidine groups is 1. The fraction of sp³-hybridized carbons (Fsp3) is 0.500. The van der Waals surface area contributed by atoms with Crippen molar-refractivity contribution in [1.82, 2.24) is 15.5 Å². The Hall–Kier alpha value is -4.94. The first-order chi connectivity index (χ1) is 25.7. The lowest BCUT2D eigenvalue weighted by atomic mass is 10.0. The van der Waals surface area contributed by atoms with E-state index < -0.39 is 35.1 Å². The van der Waals surface area contributed by atoms with Gasteiger partial charge in [0.1, 0.15) is 22.8 Å². The third-order valence-electron chi connectivity index (χ3n) is 8.20. The van der Waals surface area contributed by atoms with Crippen molar-refractivity contribution in [3.63, 3.8) is 0 Å². The molecule has 0 spiro atoms. The minimum atomic E-state index is -4.37. The quantitative estimate of drug-likeness (QED) is 0.118. The van der Waals surface area contributed by atoms with Crippen molar-refractivity contribution < 1.29 is 41.5 Å². The number of alkyl halides is 3. The van der Waals surface area contributed by atoms with E-state index in [1.54, 1.807) is 47.6 Å². The largest absolute Gasteiger partial charge is 0.493 e. The van der Waals surface area contributed by atoms with Crippen LogP contribution in [0.4, 0.5) is 22.8 Å². The Kier molecular flexibility index (Phi) is 15.8. The second kappa shape index (κ2) is 19.6. The summed E-state index contributed by atoms with van der Waals surface area (Å²) in [6.07, 6.45) is -1.58. The van der Waals surface area contributed by atoms with Crippen LogP contribution in [0.3, 0.4) is 0 Å². The predicted octanol–water partition coefficient (Wildman–Crippen LogP) is 11.7. The molecule has 1 heterocycles. The van der Waals surface area contributed by atoms with Gasteiger partial charge in [-0.05, 0) is 95.0 Å². The molecule has 4 rings (SSSR count). The molecule has 0 aliphatic heterocycles. The Bertz CT molecular complexity index is 1890. The molecule has 10 nitrogen and oxygen atoms in total. The van der Waals surface area contributed by atoms with E-state index in [-0.39, 0.29) is 36.3 Å². The highest BCUT2D eigenvalue weighted by Crippen LogP contribution is 2.32. The summed E-state index contributed by atoms with van der Waals surface area (Å²) >= 11 is 0. The van der Waals surface area contributed by atoms with Gasteiger partial charge in [-0.2, -0.15) is 23.1 Å². The van der Waals surface area contributed by atoms with E-state index in [2.05, 4.69) is 34.3 Å². The van der Waals surface area contributed by atoms with Gasteiger partial charge in [-0.15, -0.1) is 0 Å². The molecule has 1 aromatic heterocycles. The monoisotopic (exact) mass is 768 g/mol. The number of hydrogen-bond donors (Lipinski definition) is 1. The summed E-state index contributed by atoms with van der Waals surface area (Å²) in [5.41, 5.74) is -0.774. The molecular formula is C42H55F3N4O6. The average molecular weight is 769 g/mol. The van der Waals surface area contributed by atoms with E-state index in [1.807, 2.05) is 50.2 Å². The average Bonchev–Trinajstić information content (AvgIpc) is 3.59. The number of nitrogens with one attached hydrogen (secondary N) is 1. The van der Waals surface area contributed by atoms with Crippen LogP contribution in [0.25, 0.3) is 22.2 Å². The third kappa shape index (κ3) is 15.0. The van der Waals surface area contributed by atoms with Crippen molar-refractivity contribution >= 4 is 28.8 Å². The lowest BCUT2D eigenvalue weighted by Gasteiger charge is -2.22. The van der Waals surface area contributed by atoms with Crippen LogP contribution < -0.4 is 10.1 Å². The number of fused-ring (bicyclic) bond motifs is 1. The molecule has 0 bridgehead atoms. The second-order valence-corrected chi connectivity index (χ2v) is 15.4. The van der Waals surface area contributed by atoms with Gasteiger partial charge >= 0.3 is 18.4 Å². The summed E-state index contributed by atoms with van der Waals surface area (Å²) in [6.45, 7) is 18.8. The number of aromatic nitrogens is 2. The highest BCUT2D eigenvalue weighted by Gasteiger charge is 2.32. The maximum atomic E-state index is 13.2. The zero-order valence-corrected chi connectivity index (χ0v) is 33.6. The van der Waals surface area contributed by atoms with Crippen LogP contribution in [0.5, 0.6) is 5.75 Å². The third-order valence-corrected chi connectivity index (χ3v) is 8.20. The van der Waals surface area contributed by atoms with Gasteiger partial charge in [-0.1, -0.05) is 82.1 Å². The van der Waals surface area contributed by atoms with Crippen molar-refractivity contribution in [2.45, 2.75) is 125 Å². The maximum absolute atomic E-state index is 13.2. The highest BCUT2D eigenvalue weighted by molar-refractivity contribution is 6.01. The highest BCUT2D eigenvalue weighted by atomic mass is 19.4. The van der Waals surface area contributed by atoms with Crippen molar-refractivity contribution in [3.05, 3.63) is 77.7 Å². The molecule has 1 N–H and O–H groups in total. The van der Waals surface area contributed by atoms with Crippen LogP contribution in [0.1, 0.15) is 118 Å². The van der Waals surface area contributed by atoms with E-state index in [1.165, 1.54) is 12.1 Å². The van der Waals surface area contributed by atoms with E-state index in [9.17, 15) is 22.8 Å². The van der Waals surface area contributed by atoms with E-state index >= 15 is 0 Å². The topological polar surface area (TPSA) is 125 Å². The molecule has 0 radical (unpaired) electrons. The van der Waals surface area contributed by atoms with E-state index in [4.69, 9.17) is 18.7 Å². The predicted molar refractivity (Wildman–Crippen MR) is 208 cm³/mol. The van der Waals surface area contributed by atoms with Crippen LogP contribution in [0.15, 0.2) is 70.2 Å². The number of rotatable bonds is 11. The Morgan fingerprint density at radius 2 is 1.55 bits per heavy atom. The summed E-state index contributed by atoms with van der Waals surface area (Å²) in [7, 11) is 0. The zero-order chi connectivity index (χ0) is 41.0. The number of halogens is 3. The van der Waals surface area contributed by atoms with Crippen molar-refractivity contribution in [2.75, 3.05) is 6.61 Å². The molecule has 55 heavy (non-hydrogen) atoms. The number of benzene rings is 3. The second-order valence-electron chi connectivity index (χ2n) is 15.4. The summed E-state index contributed by atoms with van der Waals surface area (Å²) in [6, 6.07) is 17.1. The first-order valence-electron chi connectivity index (χ1n) is 18.7. The number of unbranched alkanes of at least 4 members (excludes halogenated alkanes) is 1. The Morgan fingerprint density at radius 1 is 0.891 bits per heavy atom. The molecule has 0 aliphatic carbocycles. The molecule has 4 aromatic rings. The molecule has 0 aliphatic rings. The van der Waals surface area contributed by atoms with Crippen molar-refractivity contribution in [1.29, 1.82) is 0 Å². The lowest BCUT2D eigenvalue weighted by molar-refractivity contribution is -0.138. The summed E-state index contributed by atoms with van der Waals surface area (Å²) in [5.74, 6) is 2.20. The van der Waals surface area contributed by atoms with Crippen LogP contribution in [0.2, 0.25) is 0 Å². The number of alkyl carbamates (subject to hydrolysis) is 1. The number of aliphatic imine (C=N–C) groups is 1. The number of ether oxygens (including phenoxy) is 3. The minimum Gasteiger partial charge on any atom is -0.493 e. The van der Waals surface area contributed by atoms with Gasteiger partial charge in [-0.3, -0.25) is 5.32 Å². The molecule has 13 heteroatoms. The van der Waals surface area contributed by atoms with Crippen LogP contribution >= 0.6 is 0 Å². The van der Waals surface area contributed by atoms with Gasteiger partial charge in [-0.25, -0.2) is 9.59 Å². The van der Waals surface area contributed by atoms with Gasteiger partial charge in [0.25, 0.3) is 0 Å². The van der Waals surface area contributed by atoms with Gasteiger partial charge < -0.3 is 18.7 Å². The maximum Gasteiger partial charge on any atom is 0.435 e. The van der Waals surface area contributed by atoms with Crippen molar-refractivity contribution in [3.8, 4) is 17.1 Å². The Labute approximate surface area is 322 Å². The van der Waals surface area contributed by atoms with Gasteiger partial charge in [0.2, 0.25) is 11.7 Å². The number of hydrogen-bond acceptors (Lipinski definition) is 8. The summed E-state index contributed by atoms with van der Waals surface area (Å²) in [4.78, 5) is 32.0. The standard InChI is InChI=1S/C27H27F3N2O2.C15H28N2O4/c1-3-4-7-18(2)26-31-25(32-34-26)22-11-10-21-17-23(13-12-20(21)16-22)33-15-14-19-8-5-6-9-24(19)27(28,29)30;1-9-10(2)11(16-12(18)20-14(3,4)5)17-13(19)21-15(6,7)8/h5-6,8-13,16-18H,3-4,7,14-15H2,1-2H3;10H,9H2,1-8H3,(H,16,17,18,19)/t;10-/m.1/s1. The smallest absolute Gasteiger partial charge is 0.435 e. The normalized spacial score (nSPS) is 13.4. The van der Waals surface area contributed by atoms with E-state index in [0.29, 0.717) is 17.5 Å². The first-order valence-corrected chi connectivity index (χ1v) is 18.7. The van der Waals surface area contributed by atoms with Gasteiger partial charge in [0.15, 0.2) is 0 Å². The SMILES string of the molecule is CCCCC(C)c1nc(-c2ccc3cc(OCCc4ccccc4C(F)(F)F)ccc3c2)no1.CC[C@@H](C)/C(=N\C(=O)OC(C)(C)C)NC(=O)OC(C)(C)C. The molecule has 2 amide bonds. The summed E-state index contributed by atoms with van der Waals surface area (Å²) in [5, 5.41) is 8.61. The number of nitrogens with zero attached hydrogens (tertiary/aromatic N) is 3.